The van der Waals surface area contributed by atoms with Gasteiger partial charge in [-0.05, 0) is 71.1 Å². The third-order valence-corrected chi connectivity index (χ3v) is 4.18. The summed E-state index contributed by atoms with van der Waals surface area (Å²) in [5.74, 6) is 1.86. The van der Waals surface area contributed by atoms with E-state index in [0.717, 1.165) is 11.8 Å². The van der Waals surface area contributed by atoms with Crippen LogP contribution < -0.4 is 5.32 Å². The van der Waals surface area contributed by atoms with Crippen LogP contribution in [0.5, 0.6) is 0 Å². The van der Waals surface area contributed by atoms with E-state index in [1.165, 1.54) is 45.3 Å². The Bertz CT molecular complexity index is 172. The molecule has 1 rings (SSSR count). The minimum Gasteiger partial charge on any atom is -0.317 e. The molecule has 1 N–H and O–H groups in total. The summed E-state index contributed by atoms with van der Waals surface area (Å²) in [7, 11) is 2.05. The number of nitrogens with one attached hydrogen (secondary N) is 1. The fourth-order valence-corrected chi connectivity index (χ4v) is 2.61. The summed E-state index contributed by atoms with van der Waals surface area (Å²) >= 11 is 0. The van der Waals surface area contributed by atoms with Crippen molar-refractivity contribution in [3.63, 3.8) is 0 Å². The highest BCUT2D eigenvalue weighted by atomic mass is 15.1. The molecule has 0 saturated carbocycles. The standard InChI is InChI=1S/C14H30N2/c1-12(2)14-7-10-16(11-8-14)9-5-6-13(3)15-4/h12-15H,5-11H2,1-4H3. The van der Waals surface area contributed by atoms with Crippen LogP contribution in [0.4, 0.5) is 0 Å². The monoisotopic (exact) mass is 226 g/mol. The van der Waals surface area contributed by atoms with Crippen molar-refractivity contribution in [2.75, 3.05) is 26.7 Å². The molecule has 1 heterocycles. The molecule has 2 nitrogen and oxygen atoms in total. The van der Waals surface area contributed by atoms with Crippen LogP contribution in [-0.4, -0.2) is 37.6 Å². The van der Waals surface area contributed by atoms with E-state index in [0.29, 0.717) is 6.04 Å². The quantitative estimate of drug-likeness (QED) is 0.749. The molecule has 1 aliphatic heterocycles. The van der Waals surface area contributed by atoms with Crippen molar-refractivity contribution in [3.05, 3.63) is 0 Å². The zero-order chi connectivity index (χ0) is 12.0. The predicted octanol–water partition coefficient (Wildman–Crippen LogP) is 2.74. The van der Waals surface area contributed by atoms with Gasteiger partial charge in [0.15, 0.2) is 0 Å². The van der Waals surface area contributed by atoms with Crippen molar-refractivity contribution < 1.29 is 0 Å². The highest BCUT2D eigenvalue weighted by molar-refractivity contribution is 4.74. The maximum absolute atomic E-state index is 3.31. The molecule has 1 unspecified atom stereocenters. The van der Waals surface area contributed by atoms with E-state index < -0.39 is 0 Å². The van der Waals surface area contributed by atoms with E-state index in [1.54, 1.807) is 0 Å². The molecule has 1 aliphatic rings. The minimum atomic E-state index is 0.674. The van der Waals surface area contributed by atoms with Gasteiger partial charge in [0.05, 0.1) is 0 Å². The Hall–Kier alpha value is -0.0800. The normalized spacial score (nSPS) is 21.6. The van der Waals surface area contributed by atoms with Crippen molar-refractivity contribution in [2.24, 2.45) is 11.8 Å². The van der Waals surface area contributed by atoms with Gasteiger partial charge < -0.3 is 10.2 Å². The first-order chi connectivity index (χ1) is 7.63. The number of hydrogen-bond acceptors (Lipinski definition) is 2. The number of hydrogen-bond donors (Lipinski definition) is 1. The number of nitrogens with zero attached hydrogens (tertiary/aromatic N) is 1. The molecule has 0 aromatic carbocycles. The maximum atomic E-state index is 3.31. The Morgan fingerprint density at radius 1 is 1.19 bits per heavy atom. The molecule has 0 aromatic heterocycles. The van der Waals surface area contributed by atoms with E-state index in [-0.39, 0.29) is 0 Å². The number of rotatable bonds is 6. The predicted molar refractivity (Wildman–Crippen MR) is 71.8 cm³/mol. The van der Waals surface area contributed by atoms with E-state index >= 15 is 0 Å². The molecule has 96 valence electrons. The lowest BCUT2D eigenvalue weighted by Gasteiger charge is -2.34. The first-order valence-corrected chi connectivity index (χ1v) is 7.03. The van der Waals surface area contributed by atoms with Crippen LogP contribution in [0.2, 0.25) is 0 Å². The summed E-state index contributed by atoms with van der Waals surface area (Å²) in [5, 5.41) is 3.31. The first-order valence-electron chi connectivity index (χ1n) is 7.03. The second kappa shape index (κ2) is 7.29. The van der Waals surface area contributed by atoms with Crippen LogP contribution in [0.1, 0.15) is 46.5 Å². The summed E-state index contributed by atoms with van der Waals surface area (Å²) in [6.07, 6.45) is 5.48. The second-order valence-electron chi connectivity index (χ2n) is 5.76. The zero-order valence-electron chi connectivity index (χ0n) is 11.6. The molecule has 0 spiro atoms. The van der Waals surface area contributed by atoms with Gasteiger partial charge in [-0.15, -0.1) is 0 Å². The highest BCUT2D eigenvalue weighted by Crippen LogP contribution is 2.24. The lowest BCUT2D eigenvalue weighted by Crippen LogP contribution is -2.36. The van der Waals surface area contributed by atoms with Gasteiger partial charge in [-0.3, -0.25) is 0 Å². The fourth-order valence-electron chi connectivity index (χ4n) is 2.61. The van der Waals surface area contributed by atoms with Gasteiger partial charge >= 0.3 is 0 Å². The van der Waals surface area contributed by atoms with Crippen molar-refractivity contribution in [3.8, 4) is 0 Å². The molecule has 0 aromatic rings. The van der Waals surface area contributed by atoms with E-state index in [4.69, 9.17) is 0 Å². The molecule has 1 atom stereocenters. The lowest BCUT2D eigenvalue weighted by molar-refractivity contribution is 0.155. The number of likely N-dealkylation sites (tertiary alicyclic amines) is 1. The van der Waals surface area contributed by atoms with Crippen molar-refractivity contribution in [1.82, 2.24) is 10.2 Å². The van der Waals surface area contributed by atoms with Gasteiger partial charge in [-0.25, -0.2) is 0 Å². The third kappa shape index (κ3) is 4.84. The Morgan fingerprint density at radius 2 is 1.81 bits per heavy atom. The molecular weight excluding hydrogens is 196 g/mol. The topological polar surface area (TPSA) is 15.3 Å². The Morgan fingerprint density at radius 3 is 2.31 bits per heavy atom. The number of piperidine rings is 1. The molecule has 0 amide bonds. The SMILES string of the molecule is CNC(C)CCCN1CCC(C(C)C)CC1. The first kappa shape index (κ1) is 14.0. The summed E-state index contributed by atoms with van der Waals surface area (Å²) in [4.78, 5) is 2.65. The van der Waals surface area contributed by atoms with Gasteiger partial charge in [0.1, 0.15) is 0 Å². The van der Waals surface area contributed by atoms with Crippen LogP contribution in [-0.2, 0) is 0 Å². The average molecular weight is 226 g/mol. The largest absolute Gasteiger partial charge is 0.317 e. The van der Waals surface area contributed by atoms with E-state index in [1.807, 2.05) is 0 Å². The molecule has 16 heavy (non-hydrogen) atoms. The summed E-state index contributed by atoms with van der Waals surface area (Å²) in [5.41, 5.74) is 0. The molecular formula is C14H30N2. The average Bonchev–Trinajstić information content (AvgIpc) is 2.29. The molecule has 0 aliphatic carbocycles. The summed E-state index contributed by atoms with van der Waals surface area (Å²) < 4.78 is 0. The Labute approximate surface area is 102 Å². The van der Waals surface area contributed by atoms with Crippen molar-refractivity contribution in [2.45, 2.75) is 52.5 Å². The summed E-state index contributed by atoms with van der Waals surface area (Å²) in [6, 6.07) is 0.674. The van der Waals surface area contributed by atoms with Crippen LogP contribution >= 0.6 is 0 Å². The zero-order valence-corrected chi connectivity index (χ0v) is 11.6. The molecule has 2 heteroatoms. The van der Waals surface area contributed by atoms with Gasteiger partial charge in [-0.2, -0.15) is 0 Å². The minimum absolute atomic E-state index is 0.674. The van der Waals surface area contributed by atoms with E-state index in [9.17, 15) is 0 Å². The van der Waals surface area contributed by atoms with Gasteiger partial charge in [0.25, 0.3) is 0 Å². The van der Waals surface area contributed by atoms with Crippen LogP contribution in [0.15, 0.2) is 0 Å². The van der Waals surface area contributed by atoms with E-state index in [2.05, 4.69) is 38.0 Å². The molecule has 0 bridgehead atoms. The van der Waals surface area contributed by atoms with Gasteiger partial charge in [0, 0.05) is 6.04 Å². The Balaban J connectivity index is 2.08. The van der Waals surface area contributed by atoms with Crippen LogP contribution in [0.25, 0.3) is 0 Å². The highest BCUT2D eigenvalue weighted by Gasteiger charge is 2.20. The lowest BCUT2D eigenvalue weighted by atomic mass is 9.86. The Kier molecular flexibility index (Phi) is 6.37. The summed E-state index contributed by atoms with van der Waals surface area (Å²) in [6.45, 7) is 11.0. The van der Waals surface area contributed by atoms with Crippen LogP contribution in [0.3, 0.4) is 0 Å². The van der Waals surface area contributed by atoms with Gasteiger partial charge in [-0.1, -0.05) is 13.8 Å². The van der Waals surface area contributed by atoms with Crippen molar-refractivity contribution in [1.29, 1.82) is 0 Å². The second-order valence-corrected chi connectivity index (χ2v) is 5.76. The maximum Gasteiger partial charge on any atom is 0.00362 e. The fraction of sp³-hybridized carbons (Fsp3) is 1.00. The molecule has 1 saturated heterocycles. The van der Waals surface area contributed by atoms with Gasteiger partial charge in [0.2, 0.25) is 0 Å². The third-order valence-electron chi connectivity index (χ3n) is 4.18. The smallest absolute Gasteiger partial charge is 0.00362 e. The van der Waals surface area contributed by atoms with Crippen LogP contribution in [0, 0.1) is 11.8 Å². The van der Waals surface area contributed by atoms with Crippen molar-refractivity contribution >= 4 is 0 Å². The molecule has 0 radical (unpaired) electrons. The molecule has 1 fully saturated rings.